The molecule has 5 rings (SSSR count). The van der Waals surface area contributed by atoms with Gasteiger partial charge in [0, 0.05) is 52.9 Å². The van der Waals surface area contributed by atoms with Gasteiger partial charge >= 0.3 is 0 Å². The van der Waals surface area contributed by atoms with E-state index in [-0.39, 0.29) is 0 Å². The maximum absolute atomic E-state index is 8.93. The fourth-order valence-corrected chi connectivity index (χ4v) is 3.63. The van der Waals surface area contributed by atoms with Crippen LogP contribution in [0.15, 0.2) is 77.8 Å². The molecule has 7 heteroatoms. The fraction of sp³-hybridized carbons (Fsp3) is 0.0800. The molecule has 156 valence electrons. The third-order valence-corrected chi connectivity index (χ3v) is 5.32. The molecule has 0 spiro atoms. The molecule has 0 unspecified atom stereocenters. The van der Waals surface area contributed by atoms with Crippen LogP contribution in [-0.2, 0) is 6.42 Å². The summed E-state index contributed by atoms with van der Waals surface area (Å²) in [7, 11) is 0. The van der Waals surface area contributed by atoms with E-state index in [0.717, 1.165) is 39.9 Å². The number of anilines is 4. The molecule has 0 bridgehead atoms. The zero-order chi connectivity index (χ0) is 21.9. The molecule has 0 amide bonds. The normalized spacial score (nSPS) is 10.8. The standard InChI is InChI=1S/C25H20N6O/c1-16-22(7-6-21-19(15-32-24(16)21)12-18-8-10-27-14-18)30-23-9-11-28-25(31-23)29-20-4-2-17(13-26)3-5-20/h2-11,14-15,27H,12H2,1H3,(H2,28,29,30,31). The van der Waals surface area contributed by atoms with Crippen molar-refractivity contribution in [3.05, 3.63) is 95.6 Å². The van der Waals surface area contributed by atoms with Crippen LogP contribution >= 0.6 is 0 Å². The second-order valence-corrected chi connectivity index (χ2v) is 7.48. The molecule has 3 heterocycles. The Kier molecular flexibility index (Phi) is 5.02. The molecule has 0 aliphatic heterocycles. The molecule has 7 nitrogen and oxygen atoms in total. The minimum atomic E-state index is 0.463. The molecular weight excluding hydrogens is 400 g/mol. The summed E-state index contributed by atoms with van der Waals surface area (Å²) in [5.74, 6) is 1.13. The number of nitrogens with one attached hydrogen (secondary N) is 3. The number of aromatic amines is 1. The molecule has 0 aliphatic carbocycles. The number of benzene rings is 2. The van der Waals surface area contributed by atoms with Gasteiger partial charge in [-0.2, -0.15) is 10.2 Å². The lowest BCUT2D eigenvalue weighted by atomic mass is 10.0. The van der Waals surface area contributed by atoms with Crippen molar-refractivity contribution in [1.29, 1.82) is 5.26 Å². The van der Waals surface area contributed by atoms with Gasteiger partial charge in [0.15, 0.2) is 0 Å². The largest absolute Gasteiger partial charge is 0.464 e. The highest BCUT2D eigenvalue weighted by atomic mass is 16.3. The number of furan rings is 1. The quantitative estimate of drug-likeness (QED) is 0.320. The Morgan fingerprint density at radius 1 is 1.06 bits per heavy atom. The second-order valence-electron chi connectivity index (χ2n) is 7.48. The first-order chi connectivity index (χ1) is 15.7. The molecule has 32 heavy (non-hydrogen) atoms. The molecular formula is C25H20N6O. The summed E-state index contributed by atoms with van der Waals surface area (Å²) >= 11 is 0. The smallest absolute Gasteiger partial charge is 0.229 e. The average Bonchev–Trinajstić information content (AvgIpc) is 3.47. The van der Waals surface area contributed by atoms with Crippen LogP contribution in [0.5, 0.6) is 0 Å². The molecule has 0 aliphatic rings. The minimum absolute atomic E-state index is 0.463. The lowest BCUT2D eigenvalue weighted by Crippen LogP contribution is -2.01. The van der Waals surface area contributed by atoms with Crippen LogP contribution in [0.2, 0.25) is 0 Å². The van der Waals surface area contributed by atoms with E-state index in [9.17, 15) is 0 Å². The van der Waals surface area contributed by atoms with Crippen LogP contribution < -0.4 is 10.6 Å². The number of rotatable bonds is 6. The Morgan fingerprint density at radius 3 is 2.72 bits per heavy atom. The summed E-state index contributed by atoms with van der Waals surface area (Å²) < 4.78 is 5.91. The maximum Gasteiger partial charge on any atom is 0.229 e. The SMILES string of the molecule is Cc1c(Nc2ccnc(Nc3ccc(C#N)cc3)n2)ccc2c(Cc3cc[nH]c3)coc12. The minimum Gasteiger partial charge on any atom is -0.464 e. The van der Waals surface area contributed by atoms with Gasteiger partial charge in [-0.3, -0.25) is 0 Å². The summed E-state index contributed by atoms with van der Waals surface area (Å²) in [4.78, 5) is 11.9. The van der Waals surface area contributed by atoms with Gasteiger partial charge in [-0.1, -0.05) is 0 Å². The molecule has 0 fully saturated rings. The van der Waals surface area contributed by atoms with Crippen molar-refractivity contribution in [2.75, 3.05) is 10.6 Å². The van der Waals surface area contributed by atoms with Crippen molar-refractivity contribution in [2.45, 2.75) is 13.3 Å². The van der Waals surface area contributed by atoms with Gasteiger partial charge in [0.25, 0.3) is 0 Å². The predicted octanol–water partition coefficient (Wildman–Crippen LogP) is 5.81. The number of nitrogens with zero attached hydrogens (tertiary/aromatic N) is 3. The summed E-state index contributed by atoms with van der Waals surface area (Å²) in [6, 6.07) is 17.2. The van der Waals surface area contributed by atoms with E-state index in [1.807, 2.05) is 49.8 Å². The van der Waals surface area contributed by atoms with Crippen molar-refractivity contribution in [3.63, 3.8) is 0 Å². The van der Waals surface area contributed by atoms with E-state index in [1.165, 1.54) is 5.56 Å². The van der Waals surface area contributed by atoms with Crippen LogP contribution in [0.4, 0.5) is 23.1 Å². The average molecular weight is 420 g/mol. The molecule has 0 saturated carbocycles. The third-order valence-electron chi connectivity index (χ3n) is 5.32. The van der Waals surface area contributed by atoms with Crippen molar-refractivity contribution in [1.82, 2.24) is 15.0 Å². The van der Waals surface area contributed by atoms with E-state index in [2.05, 4.69) is 43.8 Å². The van der Waals surface area contributed by atoms with Crippen molar-refractivity contribution >= 4 is 34.1 Å². The topological polar surface area (TPSA) is 103 Å². The van der Waals surface area contributed by atoms with E-state index >= 15 is 0 Å². The Hall–Kier alpha value is -4.57. The first kappa shape index (κ1) is 19.4. The monoisotopic (exact) mass is 420 g/mol. The molecule has 3 aromatic heterocycles. The van der Waals surface area contributed by atoms with Crippen LogP contribution in [0.25, 0.3) is 11.0 Å². The first-order valence-electron chi connectivity index (χ1n) is 10.2. The summed E-state index contributed by atoms with van der Waals surface area (Å²) in [6.45, 7) is 2.03. The number of hydrogen-bond acceptors (Lipinski definition) is 6. The fourth-order valence-electron chi connectivity index (χ4n) is 3.63. The molecule has 0 atom stereocenters. The van der Waals surface area contributed by atoms with Crippen LogP contribution in [0.1, 0.15) is 22.3 Å². The van der Waals surface area contributed by atoms with Gasteiger partial charge < -0.3 is 20.0 Å². The molecule has 3 N–H and O–H groups in total. The van der Waals surface area contributed by atoms with Crippen molar-refractivity contribution in [3.8, 4) is 6.07 Å². The van der Waals surface area contributed by atoms with Gasteiger partial charge in [-0.25, -0.2) is 4.98 Å². The zero-order valence-electron chi connectivity index (χ0n) is 17.4. The Morgan fingerprint density at radius 2 is 1.94 bits per heavy atom. The molecule has 2 aromatic carbocycles. The highest BCUT2D eigenvalue weighted by Crippen LogP contribution is 2.32. The molecule has 0 radical (unpaired) electrons. The third kappa shape index (κ3) is 3.89. The summed E-state index contributed by atoms with van der Waals surface area (Å²) in [5, 5.41) is 16.6. The van der Waals surface area contributed by atoms with Gasteiger partial charge in [0.05, 0.1) is 17.9 Å². The van der Waals surface area contributed by atoms with Gasteiger partial charge in [-0.15, -0.1) is 0 Å². The summed E-state index contributed by atoms with van der Waals surface area (Å²) in [5.41, 5.74) is 6.59. The first-order valence-corrected chi connectivity index (χ1v) is 10.2. The maximum atomic E-state index is 8.93. The summed E-state index contributed by atoms with van der Waals surface area (Å²) in [6.07, 6.45) is 8.27. The Bertz CT molecular complexity index is 1410. The lowest BCUT2D eigenvalue weighted by molar-refractivity contribution is 0.609. The molecule has 5 aromatic rings. The van der Waals surface area contributed by atoms with E-state index in [4.69, 9.17) is 9.68 Å². The van der Waals surface area contributed by atoms with E-state index in [0.29, 0.717) is 17.3 Å². The lowest BCUT2D eigenvalue weighted by Gasteiger charge is -2.11. The predicted molar refractivity (Wildman–Crippen MR) is 124 cm³/mol. The van der Waals surface area contributed by atoms with E-state index < -0.39 is 0 Å². The number of aromatic nitrogens is 3. The number of hydrogen-bond donors (Lipinski definition) is 3. The number of aryl methyl sites for hydroxylation is 1. The van der Waals surface area contributed by atoms with Gasteiger partial charge in [-0.05, 0) is 61.0 Å². The number of H-pyrrole nitrogens is 1. The number of fused-ring (bicyclic) bond motifs is 1. The van der Waals surface area contributed by atoms with Gasteiger partial charge in [0.2, 0.25) is 5.95 Å². The Labute approximate surface area is 184 Å². The second kappa shape index (κ2) is 8.28. The number of nitriles is 1. The molecule has 0 saturated heterocycles. The van der Waals surface area contributed by atoms with Crippen molar-refractivity contribution in [2.24, 2.45) is 0 Å². The van der Waals surface area contributed by atoms with Crippen molar-refractivity contribution < 1.29 is 4.42 Å². The van der Waals surface area contributed by atoms with Gasteiger partial charge in [0.1, 0.15) is 11.4 Å². The van der Waals surface area contributed by atoms with Crippen LogP contribution in [0.3, 0.4) is 0 Å². The van der Waals surface area contributed by atoms with Crippen LogP contribution in [-0.4, -0.2) is 15.0 Å². The highest BCUT2D eigenvalue weighted by Gasteiger charge is 2.13. The van der Waals surface area contributed by atoms with E-state index in [1.54, 1.807) is 18.3 Å². The highest BCUT2D eigenvalue weighted by molar-refractivity contribution is 5.89. The zero-order valence-corrected chi connectivity index (χ0v) is 17.4. The Balaban J connectivity index is 1.36. The van der Waals surface area contributed by atoms with Crippen LogP contribution in [0, 0.1) is 18.3 Å².